The zero-order chi connectivity index (χ0) is 34.5. The highest BCUT2D eigenvalue weighted by atomic mass is 15.1. The first-order chi connectivity index (χ1) is 25.8. The summed E-state index contributed by atoms with van der Waals surface area (Å²) in [6.07, 6.45) is 0. The van der Waals surface area contributed by atoms with Crippen LogP contribution in [0.15, 0.2) is 212 Å². The number of benzene rings is 9. The van der Waals surface area contributed by atoms with Crippen LogP contribution in [0.25, 0.3) is 43.8 Å². The Morgan fingerprint density at radius 1 is 0.288 bits per heavy atom. The van der Waals surface area contributed by atoms with Crippen LogP contribution in [0.4, 0.5) is 17.1 Å². The molecule has 0 saturated heterocycles. The second-order valence-corrected chi connectivity index (χ2v) is 13.7. The Kier molecular flexibility index (Phi) is 7.11. The number of para-hydroxylation sites is 1. The van der Waals surface area contributed by atoms with Gasteiger partial charge < -0.3 is 4.90 Å². The number of rotatable bonds is 6. The summed E-state index contributed by atoms with van der Waals surface area (Å²) in [4.78, 5) is 2.35. The van der Waals surface area contributed by atoms with Crippen LogP contribution in [0.3, 0.4) is 0 Å². The van der Waals surface area contributed by atoms with Crippen LogP contribution in [0.1, 0.15) is 22.3 Å². The van der Waals surface area contributed by atoms with Crippen molar-refractivity contribution in [2.75, 3.05) is 4.90 Å². The molecule has 10 rings (SSSR count). The van der Waals surface area contributed by atoms with E-state index in [2.05, 4.69) is 217 Å². The maximum atomic E-state index is 2.43. The van der Waals surface area contributed by atoms with E-state index in [0.29, 0.717) is 0 Å². The van der Waals surface area contributed by atoms with Gasteiger partial charge >= 0.3 is 0 Å². The van der Waals surface area contributed by atoms with E-state index in [1.54, 1.807) is 0 Å². The van der Waals surface area contributed by atoms with Gasteiger partial charge in [0.15, 0.2) is 0 Å². The number of fused-ring (bicyclic) bond motifs is 5. The number of anilines is 3. The van der Waals surface area contributed by atoms with Crippen LogP contribution in [-0.4, -0.2) is 0 Å². The third kappa shape index (κ3) is 4.78. The molecular weight excluding hydrogens is 627 g/mol. The minimum Gasteiger partial charge on any atom is -0.311 e. The predicted octanol–water partition coefficient (Wildman–Crippen LogP) is 13.5. The normalized spacial score (nSPS) is 14.6. The van der Waals surface area contributed by atoms with E-state index < -0.39 is 5.41 Å². The van der Waals surface area contributed by atoms with E-state index in [4.69, 9.17) is 0 Å². The fourth-order valence-corrected chi connectivity index (χ4v) is 8.50. The fraction of sp³-hybridized carbons (Fsp3) is 0.0196. The van der Waals surface area contributed by atoms with Crippen molar-refractivity contribution in [2.45, 2.75) is 5.41 Å². The van der Waals surface area contributed by atoms with E-state index in [9.17, 15) is 0 Å². The first-order valence-electron chi connectivity index (χ1n) is 18.0. The molecule has 0 spiro atoms. The van der Waals surface area contributed by atoms with Gasteiger partial charge in [-0.25, -0.2) is 0 Å². The molecule has 0 radical (unpaired) electrons. The Morgan fingerprint density at radius 2 is 0.788 bits per heavy atom. The molecule has 1 aliphatic carbocycles. The highest BCUT2D eigenvalue weighted by Gasteiger charge is 2.46. The van der Waals surface area contributed by atoms with E-state index >= 15 is 0 Å². The quantitative estimate of drug-likeness (QED) is 0.171. The van der Waals surface area contributed by atoms with E-state index in [1.807, 2.05) is 0 Å². The second kappa shape index (κ2) is 12.3. The molecule has 1 unspecified atom stereocenters. The summed E-state index contributed by atoms with van der Waals surface area (Å²) < 4.78 is 0. The largest absolute Gasteiger partial charge is 0.311 e. The molecule has 1 atom stereocenters. The van der Waals surface area contributed by atoms with Crippen molar-refractivity contribution in [1.82, 2.24) is 0 Å². The lowest BCUT2D eigenvalue weighted by Gasteiger charge is -2.34. The van der Waals surface area contributed by atoms with Crippen LogP contribution < -0.4 is 4.90 Å². The lowest BCUT2D eigenvalue weighted by molar-refractivity contribution is 0.769. The van der Waals surface area contributed by atoms with Gasteiger partial charge in [-0.2, -0.15) is 0 Å². The van der Waals surface area contributed by atoms with Gasteiger partial charge in [0, 0.05) is 17.1 Å². The van der Waals surface area contributed by atoms with Crippen molar-refractivity contribution in [3.8, 4) is 22.3 Å². The zero-order valence-corrected chi connectivity index (χ0v) is 28.7. The topological polar surface area (TPSA) is 3.24 Å². The Bertz CT molecular complexity index is 2710. The Balaban J connectivity index is 1.11. The van der Waals surface area contributed by atoms with Gasteiger partial charge in [-0.15, -0.1) is 0 Å². The number of hydrogen-bond acceptors (Lipinski definition) is 1. The Hall–Kier alpha value is -6.70. The molecule has 1 aliphatic rings. The van der Waals surface area contributed by atoms with Crippen molar-refractivity contribution < 1.29 is 0 Å². The fourth-order valence-electron chi connectivity index (χ4n) is 8.50. The van der Waals surface area contributed by atoms with Crippen LogP contribution in [0, 0.1) is 0 Å². The van der Waals surface area contributed by atoms with Gasteiger partial charge in [0.2, 0.25) is 0 Å². The first kappa shape index (κ1) is 30.2. The zero-order valence-electron chi connectivity index (χ0n) is 28.7. The van der Waals surface area contributed by atoms with Crippen molar-refractivity contribution >= 4 is 38.6 Å². The summed E-state index contributed by atoms with van der Waals surface area (Å²) >= 11 is 0. The summed E-state index contributed by atoms with van der Waals surface area (Å²) in [6.45, 7) is 0. The minimum atomic E-state index is -0.463. The maximum Gasteiger partial charge on any atom is 0.0713 e. The average Bonchev–Trinajstić information content (AvgIpc) is 3.51. The lowest BCUT2D eigenvalue weighted by atomic mass is 9.67. The molecule has 0 fully saturated rings. The highest BCUT2D eigenvalue weighted by molar-refractivity contribution is 5.96. The van der Waals surface area contributed by atoms with Gasteiger partial charge in [0.1, 0.15) is 0 Å². The van der Waals surface area contributed by atoms with Crippen molar-refractivity contribution in [3.63, 3.8) is 0 Å². The Labute approximate surface area is 304 Å². The van der Waals surface area contributed by atoms with Crippen LogP contribution in [0.2, 0.25) is 0 Å². The van der Waals surface area contributed by atoms with E-state index in [1.165, 1.54) is 66.1 Å². The van der Waals surface area contributed by atoms with Crippen LogP contribution in [-0.2, 0) is 5.41 Å². The Morgan fingerprint density at radius 3 is 1.50 bits per heavy atom. The third-order valence-electron chi connectivity index (χ3n) is 10.9. The molecular formula is C51H35N. The molecule has 0 saturated carbocycles. The number of hydrogen-bond donors (Lipinski definition) is 0. The summed E-state index contributed by atoms with van der Waals surface area (Å²) in [5.74, 6) is 0. The SMILES string of the molecule is c1ccc(N(c2ccc(-c3ccc4ccccc4c3)cc2)c2ccc(C3(c4ccccc4)c4ccccc4-c4cc5ccccc5cc43)cc2)cc1. The molecule has 9 aromatic rings. The molecule has 1 nitrogen and oxygen atoms in total. The van der Waals surface area contributed by atoms with Crippen molar-refractivity contribution in [1.29, 1.82) is 0 Å². The van der Waals surface area contributed by atoms with Gasteiger partial charge in [-0.05, 0) is 121 Å². The summed E-state index contributed by atoms with van der Waals surface area (Å²) in [5, 5.41) is 5.03. The van der Waals surface area contributed by atoms with E-state index in [0.717, 1.165) is 17.1 Å². The van der Waals surface area contributed by atoms with Crippen LogP contribution in [0.5, 0.6) is 0 Å². The highest BCUT2D eigenvalue weighted by Crippen LogP contribution is 2.57. The van der Waals surface area contributed by atoms with Crippen LogP contribution >= 0.6 is 0 Å². The lowest BCUT2D eigenvalue weighted by Crippen LogP contribution is -2.28. The molecule has 0 N–H and O–H groups in total. The standard InChI is InChI=1S/C51H35N/c1-3-17-42(18-4-1)51(49-22-12-11-21-47(49)48-34-39-15-9-10-16-40(39)35-50(48)51)43-27-31-46(32-28-43)52(44-19-5-2-6-20-44)45-29-25-37(26-30-45)41-24-23-36-13-7-8-14-38(36)33-41/h1-35H. The van der Waals surface area contributed by atoms with Crippen molar-refractivity contribution in [3.05, 3.63) is 235 Å². The third-order valence-corrected chi connectivity index (χ3v) is 10.9. The maximum absolute atomic E-state index is 2.43. The molecule has 9 aromatic carbocycles. The minimum absolute atomic E-state index is 0.463. The second-order valence-electron chi connectivity index (χ2n) is 13.7. The molecule has 0 aromatic heterocycles. The summed E-state index contributed by atoms with van der Waals surface area (Å²) in [5.41, 5.74) is 13.1. The van der Waals surface area contributed by atoms with Gasteiger partial charge in [0.25, 0.3) is 0 Å². The smallest absolute Gasteiger partial charge is 0.0713 e. The van der Waals surface area contributed by atoms with Gasteiger partial charge in [-0.1, -0.05) is 158 Å². The molecule has 0 bridgehead atoms. The van der Waals surface area contributed by atoms with Gasteiger partial charge in [-0.3, -0.25) is 0 Å². The van der Waals surface area contributed by atoms with Crippen molar-refractivity contribution in [2.24, 2.45) is 0 Å². The summed E-state index contributed by atoms with van der Waals surface area (Å²) in [6, 6.07) is 77.8. The first-order valence-corrected chi connectivity index (χ1v) is 18.0. The summed E-state index contributed by atoms with van der Waals surface area (Å²) in [7, 11) is 0. The molecule has 0 heterocycles. The molecule has 52 heavy (non-hydrogen) atoms. The average molecular weight is 662 g/mol. The van der Waals surface area contributed by atoms with Gasteiger partial charge in [0.05, 0.1) is 5.41 Å². The molecule has 0 aliphatic heterocycles. The number of nitrogens with zero attached hydrogens (tertiary/aromatic N) is 1. The van der Waals surface area contributed by atoms with E-state index in [-0.39, 0.29) is 0 Å². The molecule has 1 heteroatoms. The predicted molar refractivity (Wildman–Crippen MR) is 219 cm³/mol. The monoisotopic (exact) mass is 661 g/mol. The molecule has 244 valence electrons. The molecule has 0 amide bonds.